The van der Waals surface area contributed by atoms with Crippen LogP contribution in [0.25, 0.3) is 0 Å². The fraction of sp³-hybridized carbons (Fsp3) is 0.333. The van der Waals surface area contributed by atoms with Gasteiger partial charge in [0.2, 0.25) is 0 Å². The van der Waals surface area contributed by atoms with E-state index < -0.39 is 0 Å². The fourth-order valence-electron chi connectivity index (χ4n) is 0.731. The Kier molecular flexibility index (Phi) is 3.03. The molecule has 50 valence electrons. The van der Waals surface area contributed by atoms with E-state index in [0.29, 0.717) is 0 Å². The summed E-state index contributed by atoms with van der Waals surface area (Å²) in [5.41, 5.74) is 1.37. The summed E-state index contributed by atoms with van der Waals surface area (Å²) in [6.07, 6.45) is 0. The van der Waals surface area contributed by atoms with Gasteiger partial charge in [-0.1, -0.05) is 6.07 Å². The molecule has 0 radical (unpaired) electrons. The van der Waals surface area contributed by atoms with E-state index >= 15 is 0 Å². The first-order valence-electron chi connectivity index (χ1n) is 2.75. The highest BCUT2D eigenvalue weighted by molar-refractivity contribution is 7.79. The van der Waals surface area contributed by atoms with Gasteiger partial charge in [0.1, 0.15) is 0 Å². The Hall–Kier alpha value is 0.480. The smallest absolute Gasteiger partial charge is 0.0192 e. The van der Waals surface area contributed by atoms with E-state index in [9.17, 15) is 0 Å². The third-order valence-electron chi connectivity index (χ3n) is 1.26. The monoisotopic (exact) mass is 176 g/mol. The van der Waals surface area contributed by atoms with E-state index in [1.165, 1.54) is 10.9 Å². The van der Waals surface area contributed by atoms with Crippen molar-refractivity contribution in [2.24, 2.45) is 0 Å². The molecule has 0 saturated carbocycles. The number of hydrogen-bond acceptors (Lipinski definition) is 2. The van der Waals surface area contributed by atoms with Crippen LogP contribution in [0.4, 0.5) is 0 Å². The molecule has 0 saturated heterocycles. The maximum absolute atomic E-state index is 4.20. The predicted octanol–water partition coefficient (Wildman–Crippen LogP) is 2.58. The van der Waals surface area contributed by atoms with Crippen LogP contribution in [0.5, 0.6) is 0 Å². The minimum atomic E-state index is 0.861. The number of thiol groups is 2. The van der Waals surface area contributed by atoms with E-state index in [1.54, 1.807) is 0 Å². The highest BCUT2D eigenvalue weighted by Crippen LogP contribution is 2.24. The summed E-state index contributed by atoms with van der Waals surface area (Å²) in [7, 11) is 0.861. The van der Waals surface area contributed by atoms with Crippen molar-refractivity contribution in [1.82, 2.24) is 0 Å². The number of rotatable bonds is 2. The van der Waals surface area contributed by atoms with Crippen molar-refractivity contribution in [3.05, 3.63) is 22.7 Å². The molecule has 3 heteroatoms. The fourth-order valence-corrected chi connectivity index (χ4v) is 2.59. The first-order valence-corrected chi connectivity index (χ1v) is 5.09. The third kappa shape index (κ3) is 1.70. The Morgan fingerprint density at radius 3 is 2.56 bits per heavy atom. The molecule has 0 aromatic carbocycles. The zero-order chi connectivity index (χ0) is 6.69. The first kappa shape index (κ1) is 7.59. The van der Waals surface area contributed by atoms with Gasteiger partial charge in [0.25, 0.3) is 0 Å². The maximum Gasteiger partial charge on any atom is 0.0192 e. The molecular weight excluding hydrogens is 167 g/mol. The van der Waals surface area contributed by atoms with Gasteiger partial charge in [-0.2, -0.15) is 25.3 Å². The van der Waals surface area contributed by atoms with Crippen molar-refractivity contribution in [1.29, 1.82) is 0 Å². The molecule has 1 heterocycles. The van der Waals surface area contributed by atoms with Crippen LogP contribution in [0.2, 0.25) is 0 Å². The quantitative estimate of drug-likeness (QED) is 0.636. The molecule has 0 fully saturated rings. The van der Waals surface area contributed by atoms with Crippen LogP contribution >= 0.6 is 33.5 Å². The Morgan fingerprint density at radius 1 is 1.33 bits per heavy atom. The van der Waals surface area contributed by atoms with Crippen molar-refractivity contribution >= 4 is 33.5 Å². The zero-order valence-corrected chi connectivity index (χ0v) is 7.75. The minimum absolute atomic E-state index is 0.861. The molecule has 1 rings (SSSR count). The Morgan fingerprint density at radius 2 is 2.11 bits per heavy atom. The van der Waals surface area contributed by atoms with Crippen molar-refractivity contribution < 1.29 is 0 Å². The molecule has 0 amide bonds. The van der Waals surface area contributed by atoms with Gasteiger partial charge in [-0.05, 0) is 16.7 Å². The molecule has 0 spiro atoms. The Bertz CT molecular complexity index is 164. The van der Waals surface area contributed by atoms with Crippen LogP contribution in [-0.2, 0) is 11.5 Å². The lowest BCUT2D eigenvalue weighted by atomic mass is 10.3. The molecular formula is C6H9PS2. The molecule has 9 heavy (non-hydrogen) atoms. The summed E-state index contributed by atoms with van der Waals surface area (Å²) >= 11 is 8.39. The molecule has 1 aromatic heterocycles. The van der Waals surface area contributed by atoms with Gasteiger partial charge in [-0.25, -0.2) is 0 Å². The lowest BCUT2D eigenvalue weighted by Gasteiger charge is -1.93. The molecule has 0 aliphatic heterocycles. The summed E-state index contributed by atoms with van der Waals surface area (Å²) in [6.45, 7) is 0. The molecule has 1 unspecified atom stereocenters. The second-order valence-corrected chi connectivity index (χ2v) is 3.66. The second-order valence-electron chi connectivity index (χ2n) is 1.80. The van der Waals surface area contributed by atoms with E-state index in [0.717, 1.165) is 19.7 Å². The van der Waals surface area contributed by atoms with Gasteiger partial charge in [0, 0.05) is 11.5 Å². The third-order valence-corrected chi connectivity index (χ3v) is 3.39. The molecule has 0 N–H and O–H groups in total. The molecule has 1 atom stereocenters. The Balaban J connectivity index is 2.85. The summed E-state index contributed by atoms with van der Waals surface area (Å²) in [4.78, 5) is 0. The summed E-state index contributed by atoms with van der Waals surface area (Å²) in [5.74, 6) is 3.94. The van der Waals surface area contributed by atoms with E-state index in [1.807, 2.05) is 0 Å². The van der Waals surface area contributed by atoms with Crippen molar-refractivity contribution in [2.75, 3.05) is 0 Å². The average molecular weight is 176 g/mol. The normalized spacial score (nSPS) is 10.9. The highest BCUT2D eigenvalue weighted by Gasteiger charge is 1.96. The molecule has 0 aliphatic rings. The van der Waals surface area contributed by atoms with Gasteiger partial charge in [0.15, 0.2) is 0 Å². The second kappa shape index (κ2) is 3.60. The minimum Gasteiger partial charge on any atom is -0.175 e. The van der Waals surface area contributed by atoms with E-state index in [-0.39, 0.29) is 0 Å². The largest absolute Gasteiger partial charge is 0.175 e. The zero-order valence-electron chi connectivity index (χ0n) is 4.96. The van der Waals surface area contributed by atoms with E-state index in [2.05, 4.69) is 37.1 Å². The molecule has 1 aromatic rings. The topological polar surface area (TPSA) is 0 Å². The van der Waals surface area contributed by atoms with Crippen LogP contribution in [0, 0.1) is 0 Å². The van der Waals surface area contributed by atoms with Crippen LogP contribution in [0.3, 0.4) is 0 Å². The van der Waals surface area contributed by atoms with Crippen molar-refractivity contribution in [2.45, 2.75) is 11.5 Å². The highest BCUT2D eigenvalue weighted by atomic mass is 32.1. The van der Waals surface area contributed by atoms with E-state index in [4.69, 9.17) is 0 Å². The standard InChI is InChI=1S/C6H9PS2/c8-3-5-1-2-7-6(5)4-9/h1-2,7-9H,3-4H2. The maximum atomic E-state index is 4.20. The predicted molar refractivity (Wildman–Crippen MR) is 51.3 cm³/mol. The van der Waals surface area contributed by atoms with Gasteiger partial charge in [0.05, 0.1) is 0 Å². The van der Waals surface area contributed by atoms with Crippen molar-refractivity contribution in [3.8, 4) is 0 Å². The number of hydrogen-bond donors (Lipinski definition) is 2. The van der Waals surface area contributed by atoms with Gasteiger partial charge < -0.3 is 0 Å². The SMILES string of the molecule is SCc1cc[pH]c1CS. The first-order chi connectivity index (χ1) is 4.38. The molecule has 0 nitrogen and oxygen atoms in total. The summed E-state index contributed by atoms with van der Waals surface area (Å²) in [5, 5.41) is 1.45. The van der Waals surface area contributed by atoms with Gasteiger partial charge >= 0.3 is 0 Å². The van der Waals surface area contributed by atoms with Crippen LogP contribution in [0.15, 0.2) is 11.9 Å². The average Bonchev–Trinajstić information content (AvgIpc) is 2.33. The van der Waals surface area contributed by atoms with Gasteiger partial charge in [-0.15, -0.1) is 8.19 Å². The van der Waals surface area contributed by atoms with Crippen molar-refractivity contribution in [3.63, 3.8) is 0 Å². The summed E-state index contributed by atoms with van der Waals surface area (Å²) < 4.78 is 0. The molecule has 0 bridgehead atoms. The lowest BCUT2D eigenvalue weighted by Crippen LogP contribution is -1.76. The summed E-state index contributed by atoms with van der Waals surface area (Å²) in [6, 6.07) is 2.15. The van der Waals surface area contributed by atoms with Crippen LogP contribution in [-0.4, -0.2) is 0 Å². The lowest BCUT2D eigenvalue weighted by molar-refractivity contribution is 1.38. The molecule has 0 aliphatic carbocycles. The van der Waals surface area contributed by atoms with Crippen LogP contribution in [0.1, 0.15) is 10.9 Å². The van der Waals surface area contributed by atoms with Crippen LogP contribution < -0.4 is 0 Å². The van der Waals surface area contributed by atoms with Gasteiger partial charge in [-0.3, -0.25) is 0 Å². The Labute approximate surface area is 68.0 Å².